The Morgan fingerprint density at radius 3 is 2.48 bits per heavy atom. The number of carboxylic acids is 1. The number of ether oxygens (including phenoxy) is 1. The second kappa shape index (κ2) is 9.03. The third-order valence-corrected chi connectivity index (χ3v) is 4.04. The van der Waals surface area contributed by atoms with Crippen molar-refractivity contribution in [3.8, 4) is 0 Å². The molecule has 0 fully saturated rings. The molecule has 0 saturated carbocycles. The smallest absolute Gasteiger partial charge is 0.329 e. The molecular weight excluding hydrogens is 324 g/mol. The highest BCUT2D eigenvalue weighted by molar-refractivity contribution is 7.89. The van der Waals surface area contributed by atoms with Crippen LogP contribution in [0.3, 0.4) is 0 Å². The van der Waals surface area contributed by atoms with Crippen molar-refractivity contribution in [3.63, 3.8) is 0 Å². The molecule has 0 bridgehead atoms. The predicted octanol–water partition coefficient (Wildman–Crippen LogP) is -0.0181. The Labute approximate surface area is 134 Å². The van der Waals surface area contributed by atoms with Crippen molar-refractivity contribution in [1.82, 2.24) is 10.0 Å². The minimum Gasteiger partial charge on any atom is -0.480 e. The van der Waals surface area contributed by atoms with Crippen LogP contribution in [0.2, 0.25) is 0 Å². The predicted molar refractivity (Wildman–Crippen MR) is 82.6 cm³/mol. The van der Waals surface area contributed by atoms with Crippen LogP contribution in [0.15, 0.2) is 41.8 Å². The molecule has 9 heteroatoms. The molecule has 0 unspecified atom stereocenters. The van der Waals surface area contributed by atoms with Crippen molar-refractivity contribution in [1.29, 1.82) is 0 Å². The lowest BCUT2D eigenvalue weighted by atomic mass is 10.2. The van der Waals surface area contributed by atoms with E-state index in [1.165, 1.54) is 30.3 Å². The number of amides is 1. The zero-order chi connectivity index (χ0) is 17.3. The number of benzene rings is 1. The van der Waals surface area contributed by atoms with Crippen LogP contribution >= 0.6 is 0 Å². The summed E-state index contributed by atoms with van der Waals surface area (Å²) < 4.78 is 30.8. The van der Waals surface area contributed by atoms with Gasteiger partial charge in [-0.25, -0.2) is 17.9 Å². The van der Waals surface area contributed by atoms with E-state index >= 15 is 0 Å². The molecule has 0 aliphatic rings. The van der Waals surface area contributed by atoms with Gasteiger partial charge in [-0.2, -0.15) is 0 Å². The average molecular weight is 342 g/mol. The van der Waals surface area contributed by atoms with Crippen LogP contribution in [0.1, 0.15) is 10.4 Å². The van der Waals surface area contributed by atoms with Gasteiger partial charge in [-0.15, -0.1) is 6.58 Å². The summed E-state index contributed by atoms with van der Waals surface area (Å²) in [7, 11) is -3.63. The molecule has 0 aliphatic heterocycles. The number of nitrogens with one attached hydrogen (secondary N) is 2. The lowest BCUT2D eigenvalue weighted by Gasteiger charge is -2.07. The molecule has 1 amide bonds. The van der Waals surface area contributed by atoms with Crippen molar-refractivity contribution in [2.24, 2.45) is 0 Å². The maximum Gasteiger partial charge on any atom is 0.329 e. The van der Waals surface area contributed by atoms with Crippen LogP contribution in [-0.2, 0) is 19.6 Å². The van der Waals surface area contributed by atoms with Crippen LogP contribution < -0.4 is 10.0 Å². The normalized spacial score (nSPS) is 11.0. The fourth-order valence-corrected chi connectivity index (χ4v) is 2.53. The second-order valence-corrected chi connectivity index (χ2v) is 6.13. The van der Waals surface area contributed by atoms with Crippen molar-refractivity contribution < 1.29 is 27.9 Å². The summed E-state index contributed by atoms with van der Waals surface area (Å²) in [5.74, 6) is -1.50. The molecule has 0 heterocycles. The summed E-state index contributed by atoms with van der Waals surface area (Å²) in [6, 6.07) is 5.41. The summed E-state index contributed by atoms with van der Waals surface area (Å²) in [6.07, 6.45) is 1.42. The maximum absolute atomic E-state index is 11.8. The number of hydrogen-bond donors (Lipinski definition) is 3. The van der Waals surface area contributed by atoms with Gasteiger partial charge < -0.3 is 15.2 Å². The number of hydrogen-bond acceptors (Lipinski definition) is 5. The van der Waals surface area contributed by atoms with Gasteiger partial charge in [0.1, 0.15) is 6.61 Å². The van der Waals surface area contributed by atoms with Gasteiger partial charge in [0.15, 0.2) is 0 Å². The largest absolute Gasteiger partial charge is 0.480 e. The highest BCUT2D eigenvalue weighted by atomic mass is 32.2. The molecule has 3 N–H and O–H groups in total. The highest BCUT2D eigenvalue weighted by Crippen LogP contribution is 2.10. The second-order valence-electron chi connectivity index (χ2n) is 4.37. The molecule has 1 aromatic carbocycles. The molecule has 0 saturated heterocycles. The minimum absolute atomic E-state index is 0.0423. The van der Waals surface area contributed by atoms with Crippen LogP contribution in [0.5, 0.6) is 0 Å². The number of carboxylic acid groups (broad SMARTS) is 1. The SMILES string of the molecule is C=CCNS(=O)(=O)c1ccc(C(=O)NCCOCC(=O)O)cc1. The number of sulfonamides is 1. The Kier molecular flexibility index (Phi) is 7.39. The number of carbonyl (C=O) groups is 2. The zero-order valence-electron chi connectivity index (χ0n) is 12.3. The van der Waals surface area contributed by atoms with E-state index in [1.807, 2.05) is 0 Å². The molecule has 0 radical (unpaired) electrons. The van der Waals surface area contributed by atoms with Gasteiger partial charge >= 0.3 is 5.97 Å². The van der Waals surface area contributed by atoms with E-state index in [1.54, 1.807) is 0 Å². The zero-order valence-corrected chi connectivity index (χ0v) is 13.1. The molecule has 1 aromatic rings. The molecule has 8 nitrogen and oxygen atoms in total. The van der Waals surface area contributed by atoms with Crippen molar-refractivity contribution >= 4 is 21.9 Å². The average Bonchev–Trinajstić information content (AvgIpc) is 2.52. The van der Waals surface area contributed by atoms with Gasteiger partial charge in [0.05, 0.1) is 11.5 Å². The van der Waals surface area contributed by atoms with Crippen molar-refractivity contribution in [2.75, 3.05) is 26.3 Å². The van der Waals surface area contributed by atoms with E-state index in [0.29, 0.717) is 0 Å². The van der Waals surface area contributed by atoms with Gasteiger partial charge in [-0.1, -0.05) is 6.08 Å². The van der Waals surface area contributed by atoms with Gasteiger partial charge in [-0.3, -0.25) is 4.79 Å². The van der Waals surface area contributed by atoms with Crippen LogP contribution in [0, 0.1) is 0 Å². The van der Waals surface area contributed by atoms with Gasteiger partial charge in [0, 0.05) is 18.7 Å². The Morgan fingerprint density at radius 1 is 1.26 bits per heavy atom. The summed E-state index contributed by atoms with van der Waals surface area (Å²) in [5.41, 5.74) is 0.283. The topological polar surface area (TPSA) is 122 Å². The quantitative estimate of drug-likeness (QED) is 0.406. The van der Waals surface area contributed by atoms with E-state index in [9.17, 15) is 18.0 Å². The Bertz CT molecular complexity index is 654. The van der Waals surface area contributed by atoms with E-state index in [2.05, 4.69) is 16.6 Å². The number of rotatable bonds is 10. The molecule has 0 atom stereocenters. The summed E-state index contributed by atoms with van der Waals surface area (Å²) in [5, 5.41) is 10.9. The lowest BCUT2D eigenvalue weighted by molar-refractivity contribution is -0.142. The lowest BCUT2D eigenvalue weighted by Crippen LogP contribution is -2.28. The van der Waals surface area contributed by atoms with Crippen LogP contribution in [0.25, 0.3) is 0 Å². The van der Waals surface area contributed by atoms with E-state index in [4.69, 9.17) is 9.84 Å². The van der Waals surface area contributed by atoms with Crippen molar-refractivity contribution in [3.05, 3.63) is 42.5 Å². The summed E-state index contributed by atoms with van der Waals surface area (Å²) in [6.45, 7) is 3.32. The Balaban J connectivity index is 2.54. The molecule has 126 valence electrons. The van der Waals surface area contributed by atoms with Gasteiger partial charge in [0.25, 0.3) is 5.91 Å². The maximum atomic E-state index is 11.8. The third kappa shape index (κ3) is 6.59. The van der Waals surface area contributed by atoms with Gasteiger partial charge in [0.2, 0.25) is 10.0 Å². The first kappa shape index (κ1) is 18.8. The summed E-state index contributed by atoms with van der Waals surface area (Å²) in [4.78, 5) is 22.1. The fourth-order valence-electron chi connectivity index (χ4n) is 1.54. The molecule has 23 heavy (non-hydrogen) atoms. The third-order valence-electron chi connectivity index (χ3n) is 2.60. The van der Waals surface area contributed by atoms with E-state index in [-0.39, 0.29) is 30.2 Å². The summed E-state index contributed by atoms with van der Waals surface area (Å²) >= 11 is 0. The molecule has 0 spiro atoms. The molecule has 0 aliphatic carbocycles. The molecule has 0 aromatic heterocycles. The minimum atomic E-state index is -3.63. The number of carbonyl (C=O) groups excluding carboxylic acids is 1. The van der Waals surface area contributed by atoms with Crippen molar-refractivity contribution in [2.45, 2.75) is 4.90 Å². The fraction of sp³-hybridized carbons (Fsp3) is 0.286. The first-order valence-corrected chi connectivity index (χ1v) is 8.13. The standard InChI is InChI=1S/C14H18N2O6S/c1-2-7-16-23(20,21)12-5-3-11(4-6-12)14(19)15-8-9-22-10-13(17)18/h2-6,16H,1,7-10H2,(H,15,19)(H,17,18). The van der Waals surface area contributed by atoms with Crippen LogP contribution in [-0.4, -0.2) is 51.7 Å². The van der Waals surface area contributed by atoms with Gasteiger partial charge in [-0.05, 0) is 24.3 Å². The molecular formula is C14H18N2O6S. The highest BCUT2D eigenvalue weighted by Gasteiger charge is 2.13. The Morgan fingerprint density at radius 2 is 1.91 bits per heavy atom. The van der Waals surface area contributed by atoms with E-state index < -0.39 is 28.5 Å². The van der Waals surface area contributed by atoms with Crippen LogP contribution in [0.4, 0.5) is 0 Å². The number of aliphatic carboxylic acids is 1. The first-order valence-electron chi connectivity index (χ1n) is 6.65. The molecule has 1 rings (SSSR count). The van der Waals surface area contributed by atoms with E-state index in [0.717, 1.165) is 0 Å². The monoisotopic (exact) mass is 342 g/mol. The Hall–Kier alpha value is -2.23. The first-order chi connectivity index (χ1) is 10.9.